The molecule has 0 saturated carbocycles. The Balaban J connectivity index is 2.52. The molecule has 0 aliphatic carbocycles. The molecule has 0 unspecified atom stereocenters. The molecule has 5 heteroatoms. The smallest absolute Gasteiger partial charge is 0.296 e. The predicted molar refractivity (Wildman–Crippen MR) is 63.8 cm³/mol. The molecule has 0 atom stereocenters. The number of amidine groups is 1. The Kier molecular flexibility index (Phi) is 2.78. The molecule has 0 saturated heterocycles. The molecular formula is C11H10N2O2S. The molecular weight excluding hydrogens is 224 g/mol. The van der Waals surface area contributed by atoms with Crippen LogP contribution in [0.3, 0.4) is 0 Å². The molecule has 1 amide bonds. The molecule has 82 valence electrons. The van der Waals surface area contributed by atoms with Crippen molar-refractivity contribution >= 4 is 29.3 Å². The summed E-state index contributed by atoms with van der Waals surface area (Å²) in [5, 5.41) is 0. The predicted octanol–water partition coefficient (Wildman–Crippen LogP) is 1.47. The van der Waals surface area contributed by atoms with Gasteiger partial charge in [0.25, 0.3) is 5.91 Å². The number of thioether (sulfide) groups is 1. The Morgan fingerprint density at radius 2 is 2.19 bits per heavy atom. The fraction of sp³-hybridized carbons (Fsp3) is 0.182. The molecule has 0 spiro atoms. The average Bonchev–Trinajstić information content (AvgIpc) is 2.57. The number of amides is 1. The molecule has 0 fully saturated rings. The van der Waals surface area contributed by atoms with E-state index in [-0.39, 0.29) is 11.7 Å². The van der Waals surface area contributed by atoms with Crippen LogP contribution in [0.25, 0.3) is 0 Å². The Hall–Kier alpha value is -1.62. The molecule has 16 heavy (non-hydrogen) atoms. The summed E-state index contributed by atoms with van der Waals surface area (Å²) >= 11 is 1.27. The number of carbonyl (C=O) groups excluding carboxylic acids is 2. The minimum atomic E-state index is -0.356. The van der Waals surface area contributed by atoms with Crippen molar-refractivity contribution in [3.8, 4) is 0 Å². The fourth-order valence-corrected chi connectivity index (χ4v) is 2.25. The van der Waals surface area contributed by atoms with Gasteiger partial charge in [-0.1, -0.05) is 6.08 Å². The lowest BCUT2D eigenvalue weighted by Gasteiger charge is -2.18. The Bertz CT molecular complexity index is 486. The van der Waals surface area contributed by atoms with Crippen molar-refractivity contribution in [3.05, 3.63) is 35.0 Å². The van der Waals surface area contributed by atoms with Crippen LogP contribution in [0.2, 0.25) is 0 Å². The number of rotatable bonds is 2. The van der Waals surface area contributed by atoms with Crippen LogP contribution in [0.4, 0.5) is 0 Å². The summed E-state index contributed by atoms with van der Waals surface area (Å²) in [6.45, 7) is 1.45. The molecule has 2 heterocycles. The number of allylic oxidation sites excluding steroid dienone is 3. The first-order valence-electron chi connectivity index (χ1n) is 4.71. The number of hydrogen-bond donors (Lipinski definition) is 0. The highest BCUT2D eigenvalue weighted by molar-refractivity contribution is 8.03. The van der Waals surface area contributed by atoms with E-state index in [1.165, 1.54) is 18.7 Å². The van der Waals surface area contributed by atoms with Crippen molar-refractivity contribution in [2.45, 2.75) is 6.92 Å². The first-order valence-corrected chi connectivity index (χ1v) is 5.94. The van der Waals surface area contributed by atoms with Crippen LogP contribution < -0.4 is 0 Å². The fourth-order valence-electron chi connectivity index (χ4n) is 1.59. The van der Waals surface area contributed by atoms with Crippen molar-refractivity contribution in [3.63, 3.8) is 0 Å². The number of hydrogen-bond acceptors (Lipinski definition) is 4. The van der Waals surface area contributed by atoms with E-state index >= 15 is 0 Å². The minimum Gasteiger partial charge on any atom is -0.296 e. The SMILES string of the molecule is CS/C(C(C)=O)=C1\C(=O)N=C2C=CC=CN21. The van der Waals surface area contributed by atoms with Gasteiger partial charge >= 0.3 is 0 Å². The number of aliphatic imine (C=N–C) groups is 1. The van der Waals surface area contributed by atoms with Gasteiger partial charge in [0.1, 0.15) is 11.5 Å². The van der Waals surface area contributed by atoms with E-state index in [2.05, 4.69) is 4.99 Å². The van der Waals surface area contributed by atoms with Crippen molar-refractivity contribution in [2.24, 2.45) is 4.99 Å². The summed E-state index contributed by atoms with van der Waals surface area (Å²) in [5.41, 5.74) is 0.357. The summed E-state index contributed by atoms with van der Waals surface area (Å²) in [5.74, 6) is 0.0938. The third-order valence-electron chi connectivity index (χ3n) is 2.24. The second kappa shape index (κ2) is 4.09. The first-order chi connectivity index (χ1) is 7.65. The number of fused-ring (bicyclic) bond motifs is 1. The highest BCUT2D eigenvalue weighted by Crippen LogP contribution is 2.28. The van der Waals surface area contributed by atoms with Crippen molar-refractivity contribution in [1.82, 2.24) is 4.90 Å². The zero-order chi connectivity index (χ0) is 11.7. The largest absolute Gasteiger partial charge is 0.297 e. The maximum Gasteiger partial charge on any atom is 0.297 e. The molecule has 0 N–H and O–H groups in total. The molecule has 0 bridgehead atoms. The maximum atomic E-state index is 11.7. The molecule has 0 radical (unpaired) electrons. The second-order valence-corrected chi connectivity index (χ2v) is 4.10. The van der Waals surface area contributed by atoms with Gasteiger partial charge in [-0.3, -0.25) is 14.5 Å². The molecule has 2 aliphatic rings. The molecule has 0 aromatic heterocycles. The number of nitrogens with zero attached hydrogens (tertiary/aromatic N) is 2. The lowest BCUT2D eigenvalue weighted by molar-refractivity contribution is -0.116. The Morgan fingerprint density at radius 1 is 1.44 bits per heavy atom. The van der Waals surface area contributed by atoms with E-state index in [1.54, 1.807) is 35.6 Å². The van der Waals surface area contributed by atoms with Crippen molar-refractivity contribution < 1.29 is 9.59 Å². The van der Waals surface area contributed by atoms with Crippen LogP contribution in [0.5, 0.6) is 0 Å². The number of Topliss-reactive ketones (excluding diaryl/α,β-unsaturated/α-hetero) is 1. The van der Waals surface area contributed by atoms with Gasteiger partial charge < -0.3 is 0 Å². The van der Waals surface area contributed by atoms with Crippen molar-refractivity contribution in [1.29, 1.82) is 0 Å². The number of carbonyl (C=O) groups is 2. The standard InChI is InChI=1S/C11H10N2O2S/c1-7(14)10(16-2)9-11(15)12-8-5-3-4-6-13(8)9/h3-6H,1-2H3/b10-9+. The van der Waals surface area contributed by atoms with E-state index < -0.39 is 0 Å². The third kappa shape index (κ3) is 1.63. The molecule has 0 aromatic carbocycles. The van der Waals surface area contributed by atoms with Crippen LogP contribution in [0.1, 0.15) is 6.92 Å². The van der Waals surface area contributed by atoms with Crippen LogP contribution in [-0.2, 0) is 9.59 Å². The summed E-state index contributed by atoms with van der Waals surface area (Å²) in [6, 6.07) is 0. The van der Waals surface area contributed by atoms with Gasteiger partial charge in [0.15, 0.2) is 5.78 Å². The summed E-state index contributed by atoms with van der Waals surface area (Å²) in [7, 11) is 0. The minimum absolute atomic E-state index is 0.116. The first kappa shape index (κ1) is 10.9. The Labute approximate surface area is 97.4 Å². The third-order valence-corrected chi connectivity index (χ3v) is 3.13. The molecule has 0 aromatic rings. The molecule has 2 rings (SSSR count). The van der Waals surface area contributed by atoms with Crippen LogP contribution >= 0.6 is 11.8 Å². The highest BCUT2D eigenvalue weighted by atomic mass is 32.2. The average molecular weight is 234 g/mol. The van der Waals surface area contributed by atoms with Gasteiger partial charge in [-0.25, -0.2) is 0 Å². The topological polar surface area (TPSA) is 49.7 Å². The molecule has 4 nitrogen and oxygen atoms in total. The van der Waals surface area contributed by atoms with E-state index in [0.29, 0.717) is 16.4 Å². The normalized spacial score (nSPS) is 21.0. The summed E-state index contributed by atoms with van der Waals surface area (Å²) < 4.78 is 0. The zero-order valence-electron chi connectivity index (χ0n) is 8.93. The van der Waals surface area contributed by atoms with Crippen LogP contribution in [0, 0.1) is 0 Å². The van der Waals surface area contributed by atoms with Crippen molar-refractivity contribution in [2.75, 3.05) is 6.26 Å². The molecule has 2 aliphatic heterocycles. The van der Waals surface area contributed by atoms with Crippen LogP contribution in [0.15, 0.2) is 40.0 Å². The van der Waals surface area contributed by atoms with Gasteiger partial charge in [-0.15, -0.1) is 11.8 Å². The second-order valence-electron chi connectivity index (χ2n) is 3.28. The lowest BCUT2D eigenvalue weighted by atomic mass is 10.2. The van der Waals surface area contributed by atoms with Gasteiger partial charge in [0, 0.05) is 6.20 Å². The zero-order valence-corrected chi connectivity index (χ0v) is 9.75. The summed E-state index contributed by atoms with van der Waals surface area (Å²) in [6.07, 6.45) is 8.85. The van der Waals surface area contributed by atoms with Crippen LogP contribution in [-0.4, -0.2) is 28.7 Å². The monoisotopic (exact) mass is 234 g/mol. The van der Waals surface area contributed by atoms with Gasteiger partial charge in [-0.2, -0.15) is 4.99 Å². The van der Waals surface area contributed by atoms with E-state index in [0.717, 1.165) is 0 Å². The Morgan fingerprint density at radius 3 is 2.81 bits per heavy atom. The van der Waals surface area contributed by atoms with Gasteiger partial charge in [0.2, 0.25) is 0 Å². The lowest BCUT2D eigenvalue weighted by Crippen LogP contribution is -2.23. The quantitative estimate of drug-likeness (QED) is 0.679. The summed E-state index contributed by atoms with van der Waals surface area (Å²) in [4.78, 5) is 29.1. The maximum absolute atomic E-state index is 11.7. The highest BCUT2D eigenvalue weighted by Gasteiger charge is 2.31. The number of ketones is 1. The van der Waals surface area contributed by atoms with E-state index in [1.807, 2.05) is 0 Å². The van der Waals surface area contributed by atoms with E-state index in [4.69, 9.17) is 0 Å². The van der Waals surface area contributed by atoms with Gasteiger partial charge in [0.05, 0.1) is 4.91 Å². The van der Waals surface area contributed by atoms with E-state index in [9.17, 15) is 9.59 Å². The van der Waals surface area contributed by atoms with Gasteiger partial charge in [-0.05, 0) is 25.3 Å².